The molecule has 122 valence electrons. The third-order valence-electron chi connectivity index (χ3n) is 2.91. The monoisotopic (exact) mass is 299 g/mol. The predicted octanol–water partition coefficient (Wildman–Crippen LogP) is 1.50. The number of amides is 2. The smallest absolute Gasteiger partial charge is 0.410 e. The van der Waals surface area contributed by atoms with Crippen LogP contribution in [0.5, 0.6) is 0 Å². The molecule has 1 aliphatic heterocycles. The van der Waals surface area contributed by atoms with Crippen molar-refractivity contribution < 1.29 is 14.3 Å². The van der Waals surface area contributed by atoms with Gasteiger partial charge in [-0.15, -0.1) is 0 Å². The molecule has 0 aromatic rings. The Bertz CT molecular complexity index is 390. The van der Waals surface area contributed by atoms with Gasteiger partial charge in [0, 0.05) is 24.7 Å². The third-order valence-corrected chi connectivity index (χ3v) is 2.91. The highest BCUT2D eigenvalue weighted by Crippen LogP contribution is 2.15. The largest absolute Gasteiger partial charge is 0.444 e. The standard InChI is InChI=1S/C15H29N3O3/c1-10(12(19)17-14(2,3)4)16-11-8-18(9-11)13(20)21-15(5,6)7/h10-11,16H,8-9H2,1-7H3,(H,17,19). The fraction of sp³-hybridized carbons (Fsp3) is 0.867. The van der Waals surface area contributed by atoms with Crippen molar-refractivity contribution in [1.82, 2.24) is 15.5 Å². The number of carbonyl (C=O) groups excluding carboxylic acids is 2. The molecule has 1 unspecified atom stereocenters. The molecule has 21 heavy (non-hydrogen) atoms. The summed E-state index contributed by atoms with van der Waals surface area (Å²) in [5, 5.41) is 6.16. The third kappa shape index (κ3) is 6.33. The van der Waals surface area contributed by atoms with Gasteiger partial charge in [-0.05, 0) is 48.5 Å². The maximum atomic E-state index is 12.0. The summed E-state index contributed by atoms with van der Waals surface area (Å²) >= 11 is 0. The van der Waals surface area contributed by atoms with Crippen LogP contribution in [0.15, 0.2) is 0 Å². The van der Waals surface area contributed by atoms with E-state index < -0.39 is 5.60 Å². The first kappa shape index (κ1) is 17.8. The van der Waals surface area contributed by atoms with Gasteiger partial charge in [0.05, 0.1) is 6.04 Å². The predicted molar refractivity (Wildman–Crippen MR) is 82.1 cm³/mol. The molecule has 2 N–H and O–H groups in total. The zero-order valence-electron chi connectivity index (χ0n) is 14.2. The maximum Gasteiger partial charge on any atom is 0.410 e. The van der Waals surface area contributed by atoms with Crippen molar-refractivity contribution in [2.75, 3.05) is 13.1 Å². The molecule has 1 saturated heterocycles. The summed E-state index contributed by atoms with van der Waals surface area (Å²) in [7, 11) is 0. The van der Waals surface area contributed by atoms with E-state index in [1.54, 1.807) is 4.90 Å². The SMILES string of the molecule is CC(NC1CN(C(=O)OC(C)(C)C)C1)C(=O)NC(C)(C)C. The molecule has 0 bridgehead atoms. The molecular weight excluding hydrogens is 270 g/mol. The summed E-state index contributed by atoms with van der Waals surface area (Å²) in [5.41, 5.74) is -0.718. The van der Waals surface area contributed by atoms with Crippen molar-refractivity contribution in [3.05, 3.63) is 0 Å². The highest BCUT2D eigenvalue weighted by molar-refractivity contribution is 5.82. The fourth-order valence-corrected chi connectivity index (χ4v) is 1.97. The van der Waals surface area contributed by atoms with Crippen LogP contribution in [0.1, 0.15) is 48.5 Å². The molecular formula is C15H29N3O3. The molecule has 0 spiro atoms. The Morgan fingerprint density at radius 2 is 1.67 bits per heavy atom. The number of carbonyl (C=O) groups is 2. The Hall–Kier alpha value is -1.30. The lowest BCUT2D eigenvalue weighted by Crippen LogP contribution is -2.64. The van der Waals surface area contributed by atoms with Gasteiger partial charge in [-0.2, -0.15) is 0 Å². The zero-order chi connectivity index (χ0) is 16.4. The van der Waals surface area contributed by atoms with Crippen LogP contribution in [-0.4, -0.2) is 53.2 Å². The van der Waals surface area contributed by atoms with Crippen molar-refractivity contribution in [1.29, 1.82) is 0 Å². The van der Waals surface area contributed by atoms with Crippen LogP contribution >= 0.6 is 0 Å². The number of ether oxygens (including phenoxy) is 1. The number of hydrogen-bond acceptors (Lipinski definition) is 4. The lowest BCUT2D eigenvalue weighted by atomic mass is 10.1. The van der Waals surface area contributed by atoms with E-state index in [1.165, 1.54) is 0 Å². The Balaban J connectivity index is 2.32. The maximum absolute atomic E-state index is 12.0. The summed E-state index contributed by atoms with van der Waals surface area (Å²) < 4.78 is 5.29. The average Bonchev–Trinajstić information content (AvgIpc) is 2.16. The van der Waals surface area contributed by atoms with Crippen LogP contribution < -0.4 is 10.6 Å². The summed E-state index contributed by atoms with van der Waals surface area (Å²) in [6, 6.07) is -0.145. The van der Waals surface area contributed by atoms with E-state index in [4.69, 9.17) is 4.74 Å². The van der Waals surface area contributed by atoms with E-state index in [1.807, 2.05) is 48.5 Å². The summed E-state index contributed by atoms with van der Waals surface area (Å²) in [4.78, 5) is 25.4. The van der Waals surface area contributed by atoms with E-state index in [2.05, 4.69) is 10.6 Å². The molecule has 0 aromatic heterocycles. The molecule has 1 fully saturated rings. The first-order valence-electron chi connectivity index (χ1n) is 7.43. The lowest BCUT2D eigenvalue weighted by Gasteiger charge is -2.41. The summed E-state index contributed by atoms with van der Waals surface area (Å²) in [6.45, 7) is 14.4. The second kappa shape index (κ2) is 6.22. The van der Waals surface area contributed by atoms with Crippen molar-refractivity contribution >= 4 is 12.0 Å². The molecule has 0 radical (unpaired) electrons. The molecule has 6 heteroatoms. The van der Waals surface area contributed by atoms with E-state index in [9.17, 15) is 9.59 Å². The number of rotatable bonds is 3. The van der Waals surface area contributed by atoms with Gasteiger partial charge in [0.1, 0.15) is 5.60 Å². The van der Waals surface area contributed by atoms with Gasteiger partial charge in [-0.1, -0.05) is 0 Å². The van der Waals surface area contributed by atoms with Crippen LogP contribution in [0, 0.1) is 0 Å². The van der Waals surface area contributed by atoms with Gasteiger partial charge in [0.15, 0.2) is 0 Å². The quantitative estimate of drug-likeness (QED) is 0.828. The van der Waals surface area contributed by atoms with Gasteiger partial charge >= 0.3 is 6.09 Å². The Morgan fingerprint density at radius 3 is 2.10 bits per heavy atom. The summed E-state index contributed by atoms with van der Waals surface area (Å²) in [5.74, 6) is -0.0294. The van der Waals surface area contributed by atoms with Crippen LogP contribution in [0.2, 0.25) is 0 Å². The van der Waals surface area contributed by atoms with Crippen LogP contribution in [-0.2, 0) is 9.53 Å². The minimum absolute atomic E-state index is 0.0294. The fourth-order valence-electron chi connectivity index (χ4n) is 1.97. The molecule has 0 aliphatic carbocycles. The number of likely N-dealkylation sites (tertiary alicyclic amines) is 1. The van der Waals surface area contributed by atoms with Gasteiger partial charge in [0.25, 0.3) is 0 Å². The van der Waals surface area contributed by atoms with Crippen LogP contribution in [0.25, 0.3) is 0 Å². The molecule has 6 nitrogen and oxygen atoms in total. The van der Waals surface area contributed by atoms with Crippen molar-refractivity contribution in [2.24, 2.45) is 0 Å². The van der Waals surface area contributed by atoms with E-state index in [0.29, 0.717) is 13.1 Å². The summed E-state index contributed by atoms with van der Waals surface area (Å²) in [6.07, 6.45) is -0.299. The highest BCUT2D eigenvalue weighted by Gasteiger charge is 2.35. The van der Waals surface area contributed by atoms with E-state index in [0.717, 1.165) is 0 Å². The van der Waals surface area contributed by atoms with E-state index in [-0.39, 0.29) is 29.6 Å². The number of nitrogens with one attached hydrogen (secondary N) is 2. The van der Waals surface area contributed by atoms with Crippen LogP contribution in [0.3, 0.4) is 0 Å². The first-order valence-corrected chi connectivity index (χ1v) is 7.43. The molecule has 1 atom stereocenters. The topological polar surface area (TPSA) is 70.7 Å². The minimum atomic E-state index is -0.477. The second-order valence-electron chi connectivity index (χ2n) is 7.71. The minimum Gasteiger partial charge on any atom is -0.444 e. The Kier molecular flexibility index (Phi) is 5.25. The second-order valence-corrected chi connectivity index (χ2v) is 7.71. The zero-order valence-corrected chi connectivity index (χ0v) is 14.2. The average molecular weight is 299 g/mol. The number of nitrogens with zero attached hydrogens (tertiary/aromatic N) is 1. The molecule has 2 amide bonds. The van der Waals surface area contributed by atoms with Gasteiger partial charge < -0.3 is 15.0 Å². The lowest BCUT2D eigenvalue weighted by molar-refractivity contribution is -0.124. The Labute approximate surface area is 127 Å². The molecule has 0 aromatic carbocycles. The van der Waals surface area contributed by atoms with Gasteiger partial charge in [-0.3, -0.25) is 10.1 Å². The molecule has 0 saturated carbocycles. The van der Waals surface area contributed by atoms with Crippen LogP contribution in [0.4, 0.5) is 4.79 Å². The first-order chi connectivity index (χ1) is 9.37. The van der Waals surface area contributed by atoms with Gasteiger partial charge in [0.2, 0.25) is 5.91 Å². The van der Waals surface area contributed by atoms with Crippen molar-refractivity contribution in [2.45, 2.75) is 71.7 Å². The van der Waals surface area contributed by atoms with E-state index >= 15 is 0 Å². The number of hydrogen-bond donors (Lipinski definition) is 2. The molecule has 1 rings (SSSR count). The van der Waals surface area contributed by atoms with Crippen molar-refractivity contribution in [3.8, 4) is 0 Å². The van der Waals surface area contributed by atoms with Crippen molar-refractivity contribution in [3.63, 3.8) is 0 Å². The highest BCUT2D eigenvalue weighted by atomic mass is 16.6. The molecule has 1 aliphatic rings. The normalized spacial score (nSPS) is 18.0. The van der Waals surface area contributed by atoms with Gasteiger partial charge in [-0.25, -0.2) is 4.79 Å². The Morgan fingerprint density at radius 1 is 1.14 bits per heavy atom. The molecule has 1 heterocycles.